The number of aromatic nitrogens is 3. The van der Waals surface area contributed by atoms with Gasteiger partial charge in [0, 0.05) is 12.2 Å². The predicted octanol–water partition coefficient (Wildman–Crippen LogP) is 4.46. The Morgan fingerprint density at radius 3 is 2.43 bits per heavy atom. The Kier molecular flexibility index (Phi) is 9.31. The van der Waals surface area contributed by atoms with Gasteiger partial charge < -0.3 is 19.9 Å². The summed E-state index contributed by atoms with van der Waals surface area (Å²) in [5.41, 5.74) is 4.30. The van der Waals surface area contributed by atoms with Crippen molar-refractivity contribution in [2.45, 2.75) is 58.8 Å². The third-order valence-electron chi connectivity index (χ3n) is 5.59. The molecule has 2 N–H and O–H groups in total. The van der Waals surface area contributed by atoms with Crippen LogP contribution in [0.2, 0.25) is 0 Å². The van der Waals surface area contributed by atoms with Crippen LogP contribution in [0.25, 0.3) is 0 Å². The number of aryl methyl sites for hydroxylation is 2. The van der Waals surface area contributed by atoms with Gasteiger partial charge in [0.2, 0.25) is 5.91 Å². The van der Waals surface area contributed by atoms with E-state index in [2.05, 4.69) is 34.7 Å². The molecule has 0 spiro atoms. The molecule has 0 unspecified atom stereocenters. The average Bonchev–Trinajstić information content (AvgIpc) is 3.24. The van der Waals surface area contributed by atoms with Crippen molar-refractivity contribution in [3.8, 4) is 5.75 Å². The molecule has 0 aliphatic carbocycles. The molecule has 0 atom stereocenters. The quantitative estimate of drug-likeness (QED) is 0.381. The largest absolute Gasteiger partial charge is 0.484 e. The van der Waals surface area contributed by atoms with E-state index in [0.717, 1.165) is 11.3 Å². The zero-order chi connectivity index (χ0) is 25.4. The molecule has 3 aromatic rings. The topological polar surface area (TPSA) is 98.1 Å². The van der Waals surface area contributed by atoms with Crippen LogP contribution in [0.5, 0.6) is 5.75 Å². The molecule has 2 aromatic carbocycles. The first kappa shape index (κ1) is 26.3. The second-order valence-electron chi connectivity index (χ2n) is 8.57. The van der Waals surface area contributed by atoms with Crippen LogP contribution < -0.4 is 15.4 Å². The van der Waals surface area contributed by atoms with Crippen molar-refractivity contribution in [2.24, 2.45) is 0 Å². The van der Waals surface area contributed by atoms with Crippen molar-refractivity contribution < 1.29 is 14.3 Å². The fraction of sp³-hybridized carbons (Fsp3) is 0.385. The molecule has 0 bridgehead atoms. The molecule has 0 saturated heterocycles. The second kappa shape index (κ2) is 12.4. The average molecular weight is 496 g/mol. The first-order chi connectivity index (χ1) is 16.8. The van der Waals surface area contributed by atoms with E-state index in [1.807, 2.05) is 67.8 Å². The number of anilines is 1. The van der Waals surface area contributed by atoms with Crippen LogP contribution >= 0.6 is 11.8 Å². The van der Waals surface area contributed by atoms with Crippen molar-refractivity contribution in [1.82, 2.24) is 20.1 Å². The summed E-state index contributed by atoms with van der Waals surface area (Å²) in [6.45, 7) is 11.0. The fourth-order valence-corrected chi connectivity index (χ4v) is 4.17. The third-order valence-corrected chi connectivity index (χ3v) is 6.56. The highest BCUT2D eigenvalue weighted by molar-refractivity contribution is 7.99. The molecule has 9 heteroatoms. The van der Waals surface area contributed by atoms with Crippen LogP contribution in [0.4, 0.5) is 5.69 Å². The Balaban J connectivity index is 1.47. The van der Waals surface area contributed by atoms with Gasteiger partial charge in [-0.1, -0.05) is 43.8 Å². The number of carbonyl (C=O) groups excluding carboxylic acids is 2. The van der Waals surface area contributed by atoms with Crippen LogP contribution in [0.1, 0.15) is 49.2 Å². The minimum absolute atomic E-state index is 0.0818. The minimum atomic E-state index is -0.245. The van der Waals surface area contributed by atoms with Crippen LogP contribution in [-0.2, 0) is 22.7 Å². The molecule has 3 rings (SSSR count). The lowest BCUT2D eigenvalue weighted by molar-refractivity contribution is -0.123. The number of benzene rings is 2. The van der Waals surface area contributed by atoms with Gasteiger partial charge in [-0.25, -0.2) is 0 Å². The Morgan fingerprint density at radius 2 is 1.77 bits per heavy atom. The fourth-order valence-electron chi connectivity index (χ4n) is 3.35. The highest BCUT2D eigenvalue weighted by Crippen LogP contribution is 2.20. The van der Waals surface area contributed by atoms with E-state index in [4.69, 9.17) is 4.74 Å². The highest BCUT2D eigenvalue weighted by Gasteiger charge is 2.14. The van der Waals surface area contributed by atoms with Gasteiger partial charge in [0.15, 0.2) is 17.6 Å². The van der Waals surface area contributed by atoms with Gasteiger partial charge in [-0.2, -0.15) is 0 Å². The van der Waals surface area contributed by atoms with E-state index >= 15 is 0 Å². The number of nitrogens with zero attached hydrogens (tertiary/aromatic N) is 3. The second-order valence-corrected chi connectivity index (χ2v) is 9.51. The van der Waals surface area contributed by atoms with Crippen LogP contribution in [-0.4, -0.2) is 38.9 Å². The number of hydrogen-bond donors (Lipinski definition) is 2. The Morgan fingerprint density at radius 1 is 1.03 bits per heavy atom. The molecule has 35 heavy (non-hydrogen) atoms. The number of thioether (sulfide) groups is 1. The van der Waals surface area contributed by atoms with Crippen molar-refractivity contribution in [2.75, 3.05) is 17.7 Å². The zero-order valence-corrected chi connectivity index (χ0v) is 21.7. The SMILES string of the molecule is CCn1c(CNC(=O)COc2ccc(C(C)C)cc2)nnc1SCC(=O)Nc1ccc(C)c(C)c1. The predicted molar refractivity (Wildman–Crippen MR) is 139 cm³/mol. The summed E-state index contributed by atoms with van der Waals surface area (Å²) in [7, 11) is 0. The third kappa shape index (κ3) is 7.58. The maximum absolute atomic E-state index is 12.4. The van der Waals surface area contributed by atoms with Gasteiger partial charge in [-0.15, -0.1) is 10.2 Å². The summed E-state index contributed by atoms with van der Waals surface area (Å²) in [5.74, 6) is 1.57. The Bertz CT molecular complexity index is 1160. The number of amides is 2. The smallest absolute Gasteiger partial charge is 0.258 e. The van der Waals surface area contributed by atoms with E-state index in [-0.39, 0.29) is 30.7 Å². The van der Waals surface area contributed by atoms with Gasteiger partial charge >= 0.3 is 0 Å². The standard InChI is InChI=1S/C26H33N5O3S/c1-6-31-23(14-27-24(32)15-34-22-11-8-20(9-12-22)17(2)3)29-30-26(31)35-16-25(33)28-21-10-7-18(4)19(5)13-21/h7-13,17H,6,14-16H2,1-5H3,(H,27,32)(H,28,33). The molecule has 0 radical (unpaired) electrons. The van der Waals surface area contributed by atoms with Crippen LogP contribution in [0.3, 0.4) is 0 Å². The van der Waals surface area contributed by atoms with Gasteiger partial charge in [-0.05, 0) is 67.6 Å². The molecule has 186 valence electrons. The molecule has 0 aliphatic rings. The van der Waals surface area contributed by atoms with Gasteiger partial charge in [0.05, 0.1) is 12.3 Å². The summed E-state index contributed by atoms with van der Waals surface area (Å²) in [6.07, 6.45) is 0. The highest BCUT2D eigenvalue weighted by atomic mass is 32.2. The number of hydrogen-bond acceptors (Lipinski definition) is 6. The zero-order valence-electron chi connectivity index (χ0n) is 20.9. The molecule has 1 heterocycles. The van der Waals surface area contributed by atoms with E-state index < -0.39 is 0 Å². The van der Waals surface area contributed by atoms with E-state index in [1.165, 1.54) is 22.9 Å². The van der Waals surface area contributed by atoms with Crippen LogP contribution in [0, 0.1) is 13.8 Å². The molecule has 8 nitrogen and oxygen atoms in total. The van der Waals surface area contributed by atoms with E-state index in [0.29, 0.717) is 29.2 Å². The summed E-state index contributed by atoms with van der Waals surface area (Å²) in [5, 5.41) is 14.8. The van der Waals surface area contributed by atoms with E-state index in [9.17, 15) is 9.59 Å². The summed E-state index contributed by atoms with van der Waals surface area (Å²) < 4.78 is 7.47. The van der Waals surface area contributed by atoms with Crippen molar-refractivity contribution in [1.29, 1.82) is 0 Å². The van der Waals surface area contributed by atoms with E-state index in [1.54, 1.807) is 0 Å². The Labute approximate surface area is 210 Å². The van der Waals surface area contributed by atoms with Gasteiger partial charge in [-0.3, -0.25) is 9.59 Å². The molecule has 1 aromatic heterocycles. The molecular formula is C26H33N5O3S. The summed E-state index contributed by atoms with van der Waals surface area (Å²) in [4.78, 5) is 24.6. The molecular weight excluding hydrogens is 462 g/mol. The maximum Gasteiger partial charge on any atom is 0.258 e. The monoisotopic (exact) mass is 495 g/mol. The first-order valence-electron chi connectivity index (χ1n) is 11.7. The molecule has 0 fully saturated rings. The van der Waals surface area contributed by atoms with Gasteiger partial charge in [0.25, 0.3) is 5.91 Å². The van der Waals surface area contributed by atoms with Crippen molar-refractivity contribution in [3.05, 3.63) is 65.0 Å². The van der Waals surface area contributed by atoms with Crippen molar-refractivity contribution >= 4 is 29.3 Å². The number of ether oxygens (including phenoxy) is 1. The summed E-state index contributed by atoms with van der Waals surface area (Å²) in [6, 6.07) is 13.6. The first-order valence-corrected chi connectivity index (χ1v) is 12.7. The number of carbonyl (C=O) groups is 2. The number of rotatable bonds is 11. The lowest BCUT2D eigenvalue weighted by Crippen LogP contribution is -2.29. The molecule has 0 aliphatic heterocycles. The maximum atomic E-state index is 12.4. The van der Waals surface area contributed by atoms with Crippen molar-refractivity contribution in [3.63, 3.8) is 0 Å². The van der Waals surface area contributed by atoms with Crippen LogP contribution in [0.15, 0.2) is 47.6 Å². The lowest BCUT2D eigenvalue weighted by atomic mass is 10.0. The molecule has 0 saturated carbocycles. The minimum Gasteiger partial charge on any atom is -0.484 e. The Hall–Kier alpha value is -3.33. The molecule has 2 amide bonds. The van der Waals surface area contributed by atoms with Gasteiger partial charge in [0.1, 0.15) is 5.75 Å². The summed E-state index contributed by atoms with van der Waals surface area (Å²) >= 11 is 1.31. The number of nitrogens with one attached hydrogen (secondary N) is 2. The normalized spacial score (nSPS) is 10.9. The lowest BCUT2D eigenvalue weighted by Gasteiger charge is -2.10.